The molecule has 0 aliphatic heterocycles. The maximum Gasteiger partial charge on any atom is 0.193 e. The van der Waals surface area contributed by atoms with Crippen LogP contribution in [0.5, 0.6) is 17.2 Å². The van der Waals surface area contributed by atoms with Crippen molar-refractivity contribution in [2.24, 2.45) is 0 Å². The lowest BCUT2D eigenvalue weighted by Crippen LogP contribution is -2.00. The maximum absolute atomic E-state index is 12.4. The van der Waals surface area contributed by atoms with E-state index in [1.807, 2.05) is 54.6 Å². The van der Waals surface area contributed by atoms with Crippen LogP contribution in [0, 0.1) is 0 Å². The summed E-state index contributed by atoms with van der Waals surface area (Å²) in [5.74, 6) is 2.53. The summed E-state index contributed by atoms with van der Waals surface area (Å²) in [4.78, 5) is 12.4. The minimum atomic E-state index is -0.0988. The molecule has 1 aromatic heterocycles. The van der Waals surface area contributed by atoms with Gasteiger partial charge in [0.25, 0.3) is 0 Å². The summed E-state index contributed by atoms with van der Waals surface area (Å²) in [6.45, 7) is 0. The zero-order chi connectivity index (χ0) is 17.9. The van der Waals surface area contributed by atoms with Gasteiger partial charge in [0.2, 0.25) is 0 Å². The van der Waals surface area contributed by atoms with E-state index in [4.69, 9.17) is 13.9 Å². The molecule has 4 heteroatoms. The molecule has 0 fully saturated rings. The molecule has 0 unspecified atom stereocenters. The van der Waals surface area contributed by atoms with Crippen LogP contribution < -0.4 is 14.9 Å². The van der Waals surface area contributed by atoms with Gasteiger partial charge in [0, 0.05) is 17.7 Å². The largest absolute Gasteiger partial charge is 0.497 e. The molecule has 0 atom stereocenters. The summed E-state index contributed by atoms with van der Waals surface area (Å²) < 4.78 is 17.0. The second-order valence-corrected chi connectivity index (χ2v) is 5.78. The van der Waals surface area contributed by atoms with E-state index in [0.717, 1.165) is 11.3 Å². The Kier molecular flexibility index (Phi) is 4.15. The fraction of sp³-hybridized carbons (Fsp3) is 0.0455. The van der Waals surface area contributed by atoms with Gasteiger partial charge in [-0.1, -0.05) is 30.3 Å². The highest BCUT2D eigenvalue weighted by Crippen LogP contribution is 2.29. The van der Waals surface area contributed by atoms with Crippen molar-refractivity contribution < 1.29 is 13.9 Å². The van der Waals surface area contributed by atoms with Crippen molar-refractivity contribution in [3.8, 4) is 28.6 Å². The van der Waals surface area contributed by atoms with Gasteiger partial charge in [-0.15, -0.1) is 0 Å². The lowest BCUT2D eigenvalue weighted by atomic mass is 10.1. The third kappa shape index (κ3) is 3.17. The van der Waals surface area contributed by atoms with E-state index >= 15 is 0 Å². The third-order valence-electron chi connectivity index (χ3n) is 4.03. The zero-order valence-electron chi connectivity index (χ0n) is 14.1. The van der Waals surface area contributed by atoms with Crippen molar-refractivity contribution in [3.05, 3.63) is 89.1 Å². The number of hydrogen-bond donors (Lipinski definition) is 0. The Balaban J connectivity index is 1.75. The summed E-state index contributed by atoms with van der Waals surface area (Å²) in [5, 5.41) is 0.520. The molecule has 4 rings (SSSR count). The minimum Gasteiger partial charge on any atom is -0.497 e. The molecule has 3 aromatic carbocycles. The van der Waals surface area contributed by atoms with Crippen LogP contribution >= 0.6 is 0 Å². The van der Waals surface area contributed by atoms with Gasteiger partial charge in [-0.3, -0.25) is 4.79 Å². The van der Waals surface area contributed by atoms with Crippen molar-refractivity contribution in [1.82, 2.24) is 0 Å². The van der Waals surface area contributed by atoms with Gasteiger partial charge in [-0.2, -0.15) is 0 Å². The molecule has 1 heterocycles. The van der Waals surface area contributed by atoms with Gasteiger partial charge in [0.05, 0.1) is 12.5 Å². The summed E-state index contributed by atoms with van der Waals surface area (Å²) in [6.07, 6.45) is 0. The molecule has 4 nitrogen and oxygen atoms in total. The first-order chi connectivity index (χ1) is 12.7. The highest BCUT2D eigenvalue weighted by Gasteiger charge is 2.09. The first-order valence-corrected chi connectivity index (χ1v) is 8.18. The van der Waals surface area contributed by atoms with Crippen LogP contribution in [-0.4, -0.2) is 7.11 Å². The predicted molar refractivity (Wildman–Crippen MR) is 101 cm³/mol. The molecule has 0 radical (unpaired) electrons. The van der Waals surface area contributed by atoms with E-state index in [1.165, 1.54) is 6.07 Å². The third-order valence-corrected chi connectivity index (χ3v) is 4.03. The average molecular weight is 344 g/mol. The number of para-hydroxylation sites is 1. The number of hydrogen-bond acceptors (Lipinski definition) is 4. The summed E-state index contributed by atoms with van der Waals surface area (Å²) in [7, 11) is 1.58. The van der Waals surface area contributed by atoms with Gasteiger partial charge in [-0.25, -0.2) is 0 Å². The van der Waals surface area contributed by atoms with Crippen LogP contribution in [0.4, 0.5) is 0 Å². The van der Waals surface area contributed by atoms with E-state index in [1.54, 1.807) is 25.3 Å². The molecule has 0 saturated heterocycles. The second kappa shape index (κ2) is 6.76. The van der Waals surface area contributed by atoms with Crippen LogP contribution in [-0.2, 0) is 0 Å². The molecule has 0 N–H and O–H groups in total. The zero-order valence-corrected chi connectivity index (χ0v) is 14.1. The molecule has 0 aliphatic rings. The van der Waals surface area contributed by atoms with E-state index in [9.17, 15) is 4.79 Å². The Morgan fingerprint density at radius 3 is 2.38 bits per heavy atom. The average Bonchev–Trinajstić information content (AvgIpc) is 2.68. The molecule has 0 aliphatic carbocycles. The van der Waals surface area contributed by atoms with Crippen molar-refractivity contribution in [2.75, 3.05) is 7.11 Å². The fourth-order valence-electron chi connectivity index (χ4n) is 2.74. The Morgan fingerprint density at radius 2 is 1.58 bits per heavy atom. The normalized spacial score (nSPS) is 10.7. The van der Waals surface area contributed by atoms with Gasteiger partial charge in [0.15, 0.2) is 5.43 Å². The van der Waals surface area contributed by atoms with Crippen LogP contribution in [0.1, 0.15) is 0 Å². The Morgan fingerprint density at radius 1 is 0.769 bits per heavy atom. The Hall–Kier alpha value is -3.53. The Labute approximate surface area is 150 Å². The number of benzene rings is 3. The molecular formula is C22H16O4. The monoisotopic (exact) mass is 344 g/mol. The topological polar surface area (TPSA) is 48.7 Å². The van der Waals surface area contributed by atoms with Crippen molar-refractivity contribution in [2.45, 2.75) is 0 Å². The molecule has 0 bridgehead atoms. The SMILES string of the molecule is COc1ccc2c(=O)cc(-c3cccc(Oc4ccccc4)c3)oc2c1. The van der Waals surface area contributed by atoms with E-state index in [2.05, 4.69) is 0 Å². The lowest BCUT2D eigenvalue weighted by molar-refractivity contribution is 0.414. The summed E-state index contributed by atoms with van der Waals surface area (Å²) >= 11 is 0. The Bertz CT molecular complexity index is 1110. The maximum atomic E-state index is 12.4. The van der Waals surface area contributed by atoms with Crippen LogP contribution in [0.25, 0.3) is 22.3 Å². The first kappa shape index (κ1) is 16.0. The minimum absolute atomic E-state index is 0.0988. The number of fused-ring (bicyclic) bond motifs is 1. The van der Waals surface area contributed by atoms with E-state index < -0.39 is 0 Å². The predicted octanol–water partition coefficient (Wildman–Crippen LogP) is 5.26. The number of ether oxygens (including phenoxy) is 2. The van der Waals surface area contributed by atoms with Gasteiger partial charge in [0.1, 0.15) is 28.6 Å². The van der Waals surface area contributed by atoms with Crippen LogP contribution in [0.15, 0.2) is 88.1 Å². The first-order valence-electron chi connectivity index (χ1n) is 8.18. The molecule has 0 saturated carbocycles. The second-order valence-electron chi connectivity index (χ2n) is 5.78. The number of rotatable bonds is 4. The van der Waals surface area contributed by atoms with Crippen LogP contribution in [0.3, 0.4) is 0 Å². The standard InChI is InChI=1S/C22H16O4/c1-24-17-10-11-19-20(23)14-21(26-22(19)13-17)15-6-5-9-18(12-15)25-16-7-3-2-4-8-16/h2-14H,1H3. The van der Waals surface area contributed by atoms with Gasteiger partial charge in [-0.05, 0) is 36.4 Å². The highest BCUT2D eigenvalue weighted by atomic mass is 16.5. The summed E-state index contributed by atoms with van der Waals surface area (Å²) in [6, 6.07) is 23.6. The van der Waals surface area contributed by atoms with E-state index in [0.29, 0.717) is 28.2 Å². The molecule has 4 aromatic rings. The number of methoxy groups -OCH3 is 1. The molecule has 0 spiro atoms. The van der Waals surface area contributed by atoms with Crippen molar-refractivity contribution >= 4 is 11.0 Å². The lowest BCUT2D eigenvalue weighted by Gasteiger charge is -2.08. The fourth-order valence-corrected chi connectivity index (χ4v) is 2.74. The van der Waals surface area contributed by atoms with Crippen molar-refractivity contribution in [1.29, 1.82) is 0 Å². The van der Waals surface area contributed by atoms with Crippen molar-refractivity contribution in [3.63, 3.8) is 0 Å². The summed E-state index contributed by atoms with van der Waals surface area (Å²) in [5.41, 5.74) is 1.15. The van der Waals surface area contributed by atoms with Gasteiger partial charge < -0.3 is 13.9 Å². The molecule has 26 heavy (non-hydrogen) atoms. The highest BCUT2D eigenvalue weighted by molar-refractivity contribution is 5.80. The van der Waals surface area contributed by atoms with Gasteiger partial charge >= 0.3 is 0 Å². The quantitative estimate of drug-likeness (QED) is 0.506. The smallest absolute Gasteiger partial charge is 0.193 e. The molecular weight excluding hydrogens is 328 g/mol. The molecule has 0 amide bonds. The molecule has 128 valence electrons. The van der Waals surface area contributed by atoms with Crippen LogP contribution in [0.2, 0.25) is 0 Å². The van der Waals surface area contributed by atoms with E-state index in [-0.39, 0.29) is 5.43 Å².